The second-order valence-electron chi connectivity index (χ2n) is 9.68. The van der Waals surface area contributed by atoms with Crippen LogP contribution in [0.5, 0.6) is 5.75 Å². The number of aryl methyl sites for hydroxylation is 1. The number of aliphatic hydroxyl groups excluding tert-OH is 1. The molecule has 0 fully saturated rings. The third-order valence-corrected chi connectivity index (χ3v) is 7.09. The molecule has 0 heterocycles. The summed E-state index contributed by atoms with van der Waals surface area (Å²) in [6.45, 7) is 5.69. The van der Waals surface area contributed by atoms with Crippen molar-refractivity contribution in [2.45, 2.75) is 51.6 Å². The highest BCUT2D eigenvalue weighted by molar-refractivity contribution is 5.67. The number of aliphatic hydroxyl groups is 1. The number of halogens is 3. The molecule has 0 aliphatic heterocycles. The zero-order valence-corrected chi connectivity index (χ0v) is 21.2. The van der Waals surface area contributed by atoms with E-state index < -0.39 is 17.7 Å². The molecule has 2 atom stereocenters. The van der Waals surface area contributed by atoms with Gasteiger partial charge in [-0.2, -0.15) is 0 Å². The van der Waals surface area contributed by atoms with E-state index in [1.807, 2.05) is 6.07 Å². The maximum Gasteiger partial charge on any atom is 0.166 e. The van der Waals surface area contributed by atoms with Crippen LogP contribution in [0.1, 0.15) is 61.8 Å². The molecule has 194 valence electrons. The van der Waals surface area contributed by atoms with Crippen molar-refractivity contribution in [1.82, 2.24) is 0 Å². The Morgan fingerprint density at radius 1 is 1.03 bits per heavy atom. The molecule has 0 aromatic heterocycles. The number of allylic oxidation sites excluding steroid dienone is 2. The van der Waals surface area contributed by atoms with Crippen molar-refractivity contribution in [2.24, 2.45) is 5.92 Å². The smallest absolute Gasteiger partial charge is 0.166 e. The van der Waals surface area contributed by atoms with Crippen molar-refractivity contribution >= 4 is 5.57 Å². The predicted molar refractivity (Wildman–Crippen MR) is 143 cm³/mol. The van der Waals surface area contributed by atoms with E-state index in [1.54, 1.807) is 55.5 Å². The van der Waals surface area contributed by atoms with Gasteiger partial charge in [0.15, 0.2) is 23.2 Å². The van der Waals surface area contributed by atoms with Crippen LogP contribution in [-0.4, -0.2) is 11.7 Å². The van der Waals surface area contributed by atoms with E-state index in [4.69, 9.17) is 4.74 Å². The van der Waals surface area contributed by atoms with Gasteiger partial charge in [-0.3, -0.25) is 0 Å². The van der Waals surface area contributed by atoms with Gasteiger partial charge in [0.1, 0.15) is 0 Å². The average Bonchev–Trinajstić information content (AvgIpc) is 2.91. The van der Waals surface area contributed by atoms with Crippen molar-refractivity contribution in [3.63, 3.8) is 0 Å². The Kier molecular flexibility index (Phi) is 8.88. The molecule has 5 heteroatoms. The van der Waals surface area contributed by atoms with E-state index in [-0.39, 0.29) is 17.1 Å². The first kappa shape index (κ1) is 26.7. The topological polar surface area (TPSA) is 29.5 Å². The van der Waals surface area contributed by atoms with Gasteiger partial charge in [-0.25, -0.2) is 13.2 Å². The molecule has 4 rings (SSSR count). The first-order valence-electron chi connectivity index (χ1n) is 12.8. The lowest BCUT2D eigenvalue weighted by Crippen LogP contribution is -2.08. The monoisotopic (exact) mass is 506 g/mol. The molecule has 0 saturated heterocycles. The summed E-state index contributed by atoms with van der Waals surface area (Å²) >= 11 is 0. The third kappa shape index (κ3) is 6.53. The molecule has 3 aromatic rings. The van der Waals surface area contributed by atoms with Gasteiger partial charge in [0.2, 0.25) is 0 Å². The fraction of sp³-hybridized carbons (Fsp3) is 0.312. The molecule has 2 unspecified atom stereocenters. The van der Waals surface area contributed by atoms with Crippen molar-refractivity contribution < 1.29 is 23.0 Å². The number of benzene rings is 3. The van der Waals surface area contributed by atoms with E-state index in [1.165, 1.54) is 6.07 Å². The summed E-state index contributed by atoms with van der Waals surface area (Å²) in [6, 6.07) is 15.2. The van der Waals surface area contributed by atoms with E-state index >= 15 is 0 Å². The SMILES string of the molecule is C=CCCOc1ccc(C2=CCC(CCc3ccc(-c4ccc(C(C)O)cc4)c(F)c3F)CC2)cc1F. The van der Waals surface area contributed by atoms with Crippen LogP contribution >= 0.6 is 0 Å². The number of hydrogen-bond acceptors (Lipinski definition) is 2. The van der Waals surface area contributed by atoms with Gasteiger partial charge >= 0.3 is 0 Å². The highest BCUT2D eigenvalue weighted by Gasteiger charge is 2.19. The van der Waals surface area contributed by atoms with Crippen LogP contribution in [-0.2, 0) is 6.42 Å². The van der Waals surface area contributed by atoms with E-state index in [2.05, 4.69) is 12.7 Å². The first-order chi connectivity index (χ1) is 17.9. The second kappa shape index (κ2) is 12.3. The standard InChI is InChI=1S/C32H33F3O2/c1-3-4-19-37-30-18-16-27(20-29(30)33)24-8-5-22(6-9-24)7-10-26-15-17-28(32(35)31(26)34)25-13-11-23(12-14-25)21(2)36/h3,8,11-18,20-22,36H,1,4-7,9-10,19H2,2H3. The van der Waals surface area contributed by atoms with Crippen LogP contribution in [0.3, 0.4) is 0 Å². The Labute approximate surface area is 217 Å². The Morgan fingerprint density at radius 3 is 2.43 bits per heavy atom. The fourth-order valence-electron chi connectivity index (χ4n) is 4.79. The number of ether oxygens (including phenoxy) is 1. The Balaban J connectivity index is 1.35. The molecule has 0 bridgehead atoms. The molecular formula is C32H33F3O2. The van der Waals surface area contributed by atoms with E-state index in [0.717, 1.165) is 42.4 Å². The van der Waals surface area contributed by atoms with Gasteiger partial charge in [-0.05, 0) is 91.3 Å². The zero-order chi connectivity index (χ0) is 26.4. The summed E-state index contributed by atoms with van der Waals surface area (Å²) in [7, 11) is 0. The molecular weight excluding hydrogens is 473 g/mol. The Morgan fingerprint density at radius 2 is 1.78 bits per heavy atom. The van der Waals surface area contributed by atoms with Gasteiger partial charge in [0.25, 0.3) is 0 Å². The largest absolute Gasteiger partial charge is 0.490 e. The average molecular weight is 507 g/mol. The van der Waals surface area contributed by atoms with Crippen LogP contribution < -0.4 is 4.74 Å². The molecule has 1 aliphatic rings. The van der Waals surface area contributed by atoms with Crippen LogP contribution in [0, 0.1) is 23.4 Å². The molecule has 0 amide bonds. The lowest BCUT2D eigenvalue weighted by Gasteiger charge is -2.22. The third-order valence-electron chi connectivity index (χ3n) is 7.09. The summed E-state index contributed by atoms with van der Waals surface area (Å²) in [4.78, 5) is 0. The summed E-state index contributed by atoms with van der Waals surface area (Å²) < 4.78 is 49.6. The predicted octanol–water partition coefficient (Wildman–Crippen LogP) is 8.60. The van der Waals surface area contributed by atoms with E-state index in [9.17, 15) is 18.3 Å². The summed E-state index contributed by atoms with van der Waals surface area (Å²) in [5.41, 5.74) is 3.86. The molecule has 37 heavy (non-hydrogen) atoms. The van der Waals surface area contributed by atoms with Gasteiger partial charge in [0.05, 0.1) is 12.7 Å². The van der Waals surface area contributed by atoms with Crippen molar-refractivity contribution in [3.8, 4) is 16.9 Å². The first-order valence-corrected chi connectivity index (χ1v) is 12.8. The summed E-state index contributed by atoms with van der Waals surface area (Å²) in [6.07, 6.45) is 7.70. The minimum absolute atomic E-state index is 0.216. The minimum Gasteiger partial charge on any atom is -0.490 e. The molecule has 1 aliphatic carbocycles. The molecule has 0 spiro atoms. The Bertz CT molecular complexity index is 1260. The normalized spacial score (nSPS) is 16.2. The quantitative estimate of drug-likeness (QED) is 0.220. The van der Waals surface area contributed by atoms with Crippen molar-refractivity contribution in [3.05, 3.63) is 107 Å². The maximum atomic E-state index is 14.9. The zero-order valence-electron chi connectivity index (χ0n) is 21.2. The van der Waals surface area contributed by atoms with Crippen LogP contribution in [0.15, 0.2) is 73.3 Å². The lowest BCUT2D eigenvalue weighted by atomic mass is 9.83. The van der Waals surface area contributed by atoms with E-state index in [0.29, 0.717) is 36.5 Å². The van der Waals surface area contributed by atoms with Crippen molar-refractivity contribution in [2.75, 3.05) is 6.61 Å². The fourth-order valence-corrected chi connectivity index (χ4v) is 4.79. The highest BCUT2D eigenvalue weighted by atomic mass is 19.2. The number of hydrogen-bond donors (Lipinski definition) is 1. The molecule has 2 nitrogen and oxygen atoms in total. The minimum atomic E-state index is -0.841. The van der Waals surface area contributed by atoms with Gasteiger partial charge in [0, 0.05) is 5.56 Å². The molecule has 0 radical (unpaired) electrons. The van der Waals surface area contributed by atoms with Crippen molar-refractivity contribution in [1.29, 1.82) is 0 Å². The lowest BCUT2D eigenvalue weighted by molar-refractivity contribution is 0.199. The second-order valence-corrected chi connectivity index (χ2v) is 9.68. The van der Waals surface area contributed by atoms with Crippen LogP contribution in [0.2, 0.25) is 0 Å². The Hall–Kier alpha value is -3.31. The van der Waals surface area contributed by atoms with Gasteiger partial charge in [-0.15, -0.1) is 6.58 Å². The molecule has 3 aromatic carbocycles. The van der Waals surface area contributed by atoms with Gasteiger partial charge < -0.3 is 9.84 Å². The summed E-state index contributed by atoms with van der Waals surface area (Å²) in [5, 5.41) is 9.65. The van der Waals surface area contributed by atoms with Crippen LogP contribution in [0.25, 0.3) is 16.7 Å². The number of rotatable bonds is 10. The van der Waals surface area contributed by atoms with Crippen LogP contribution in [0.4, 0.5) is 13.2 Å². The van der Waals surface area contributed by atoms with Gasteiger partial charge in [-0.1, -0.05) is 54.6 Å². The maximum absolute atomic E-state index is 14.9. The highest BCUT2D eigenvalue weighted by Crippen LogP contribution is 2.35. The molecule has 0 saturated carbocycles. The summed E-state index contributed by atoms with van der Waals surface area (Å²) in [5.74, 6) is -1.39. The molecule has 1 N–H and O–H groups in total.